The minimum Gasteiger partial charge on any atom is -0.478 e. The normalized spacial score (nSPS) is 12.7. The fourth-order valence-electron chi connectivity index (χ4n) is 2.91. The fraction of sp³-hybridized carbons (Fsp3) is 0.176. The van der Waals surface area contributed by atoms with Gasteiger partial charge in [0.15, 0.2) is 0 Å². The number of halogens is 6. The predicted molar refractivity (Wildman–Crippen MR) is 79.7 cm³/mol. The first-order valence-electron chi connectivity index (χ1n) is 7.14. The van der Waals surface area contributed by atoms with Crippen LogP contribution in [0.25, 0.3) is 0 Å². The first-order valence-corrected chi connectivity index (χ1v) is 7.14. The molecule has 0 saturated carbocycles. The largest absolute Gasteiger partial charge is 0.478 e. The first-order chi connectivity index (χ1) is 12.4. The third kappa shape index (κ3) is 3.11. The second-order valence-corrected chi connectivity index (χ2v) is 5.45. The third-order valence-electron chi connectivity index (χ3n) is 3.97. The second kappa shape index (κ2) is 6.60. The average Bonchev–Trinajstić information content (AvgIpc) is 2.53. The first kappa shape index (κ1) is 20.3. The summed E-state index contributed by atoms with van der Waals surface area (Å²) >= 11 is 0. The molecule has 0 aliphatic carbocycles. The molecule has 4 nitrogen and oxygen atoms in total. The topological polar surface area (TPSA) is 74.6 Å². The van der Waals surface area contributed by atoms with Gasteiger partial charge in [0, 0.05) is 0 Å². The van der Waals surface area contributed by atoms with Crippen molar-refractivity contribution in [1.29, 1.82) is 0 Å². The molecule has 0 aliphatic rings. The lowest BCUT2D eigenvalue weighted by Crippen LogP contribution is -2.56. The van der Waals surface area contributed by atoms with E-state index in [-0.39, 0.29) is 0 Å². The van der Waals surface area contributed by atoms with Crippen LogP contribution in [0.4, 0.5) is 26.3 Å². The fourth-order valence-corrected chi connectivity index (χ4v) is 2.91. The Bertz CT molecular complexity index is 812. The van der Waals surface area contributed by atoms with Gasteiger partial charge < -0.3 is 10.2 Å². The van der Waals surface area contributed by atoms with Crippen molar-refractivity contribution in [3.05, 3.63) is 70.8 Å². The Morgan fingerprint density at radius 1 is 0.630 bits per heavy atom. The molecule has 27 heavy (non-hydrogen) atoms. The quantitative estimate of drug-likeness (QED) is 0.752. The van der Waals surface area contributed by atoms with Gasteiger partial charge in [0.05, 0.1) is 11.1 Å². The highest BCUT2D eigenvalue weighted by Crippen LogP contribution is 2.57. The Labute approximate surface area is 147 Å². The van der Waals surface area contributed by atoms with E-state index in [1.807, 2.05) is 0 Å². The number of carboxylic acid groups (broad SMARTS) is 2. The predicted octanol–water partition coefficient (Wildman–Crippen LogP) is 4.49. The molecule has 0 atom stereocenters. The summed E-state index contributed by atoms with van der Waals surface area (Å²) in [5.74, 6) is -4.03. The Morgan fingerprint density at radius 2 is 0.926 bits per heavy atom. The zero-order valence-corrected chi connectivity index (χ0v) is 13.1. The van der Waals surface area contributed by atoms with Crippen LogP contribution >= 0.6 is 0 Å². The Balaban J connectivity index is 3.14. The Morgan fingerprint density at radius 3 is 1.19 bits per heavy atom. The molecule has 0 saturated heterocycles. The van der Waals surface area contributed by atoms with Crippen molar-refractivity contribution in [3.8, 4) is 0 Å². The molecule has 0 fully saturated rings. The molecule has 0 radical (unpaired) electrons. The second-order valence-electron chi connectivity index (χ2n) is 5.45. The van der Waals surface area contributed by atoms with Crippen LogP contribution in [0.3, 0.4) is 0 Å². The van der Waals surface area contributed by atoms with Crippen molar-refractivity contribution in [1.82, 2.24) is 0 Å². The van der Waals surface area contributed by atoms with E-state index in [9.17, 15) is 35.9 Å². The van der Waals surface area contributed by atoms with Crippen molar-refractivity contribution >= 4 is 11.9 Å². The highest BCUT2D eigenvalue weighted by Gasteiger charge is 2.74. The molecule has 0 amide bonds. The highest BCUT2D eigenvalue weighted by molar-refractivity contribution is 5.93. The summed E-state index contributed by atoms with van der Waals surface area (Å²) in [4.78, 5) is 22.6. The number of aromatic carboxylic acids is 2. The molecule has 2 rings (SSSR count). The highest BCUT2D eigenvalue weighted by atomic mass is 19.4. The van der Waals surface area contributed by atoms with Crippen molar-refractivity contribution in [2.75, 3.05) is 0 Å². The standard InChI is InChI=1S/C17H10F6O4/c18-16(19,20)15(17(21,22)23,11-7-3-1-5-9(11)13(24)25)12-8-4-2-6-10(12)14(26)27/h1-8H,(H,24,25)(H,26,27). The lowest BCUT2D eigenvalue weighted by Gasteiger charge is -2.39. The molecule has 2 N–H and O–H groups in total. The molecule has 0 spiro atoms. The number of rotatable bonds is 4. The monoisotopic (exact) mass is 392 g/mol. The smallest absolute Gasteiger partial charge is 0.411 e. The molecular weight excluding hydrogens is 382 g/mol. The maximum absolute atomic E-state index is 14.0. The zero-order valence-electron chi connectivity index (χ0n) is 13.1. The van der Waals surface area contributed by atoms with Crippen LogP contribution in [0.5, 0.6) is 0 Å². The van der Waals surface area contributed by atoms with Crippen molar-refractivity contribution < 1.29 is 46.1 Å². The number of hydrogen-bond donors (Lipinski definition) is 2. The van der Waals surface area contributed by atoms with Gasteiger partial charge in [-0.3, -0.25) is 0 Å². The van der Waals surface area contributed by atoms with Gasteiger partial charge in [-0.05, 0) is 23.3 Å². The molecule has 10 heteroatoms. The van der Waals surface area contributed by atoms with Crippen molar-refractivity contribution in [3.63, 3.8) is 0 Å². The minimum absolute atomic E-state index is 0.378. The summed E-state index contributed by atoms with van der Waals surface area (Å²) in [5, 5.41) is 18.3. The van der Waals surface area contributed by atoms with E-state index in [1.165, 1.54) is 0 Å². The van der Waals surface area contributed by atoms with Crippen LogP contribution in [0.2, 0.25) is 0 Å². The summed E-state index contributed by atoms with van der Waals surface area (Å²) in [6.45, 7) is 0. The summed E-state index contributed by atoms with van der Waals surface area (Å²) in [6, 6.07) is 5.50. The minimum atomic E-state index is -6.09. The maximum atomic E-state index is 14.0. The van der Waals surface area contributed by atoms with Gasteiger partial charge in [-0.2, -0.15) is 26.3 Å². The number of hydrogen-bond acceptors (Lipinski definition) is 2. The maximum Gasteiger partial charge on any atom is 0.411 e. The van der Waals surface area contributed by atoms with Gasteiger partial charge >= 0.3 is 24.3 Å². The van der Waals surface area contributed by atoms with Gasteiger partial charge in [-0.25, -0.2) is 9.59 Å². The van der Waals surface area contributed by atoms with Crippen LogP contribution < -0.4 is 0 Å². The molecule has 2 aromatic rings. The van der Waals surface area contributed by atoms with Crippen LogP contribution in [-0.2, 0) is 5.41 Å². The molecular formula is C17H10F6O4. The summed E-state index contributed by atoms with van der Waals surface area (Å²) < 4.78 is 84.1. The van der Waals surface area contributed by atoms with Crippen LogP contribution in [0.1, 0.15) is 31.8 Å². The van der Waals surface area contributed by atoms with Crippen LogP contribution in [0, 0.1) is 0 Å². The van der Waals surface area contributed by atoms with Gasteiger partial charge in [0.2, 0.25) is 5.41 Å². The Hall–Kier alpha value is -3.04. The summed E-state index contributed by atoms with van der Waals surface area (Å²) in [5.41, 5.74) is -10.6. The van der Waals surface area contributed by atoms with E-state index in [2.05, 4.69) is 0 Å². The average molecular weight is 392 g/mol. The molecule has 0 aromatic heterocycles. The van der Waals surface area contributed by atoms with E-state index in [4.69, 9.17) is 10.2 Å². The van der Waals surface area contributed by atoms with Gasteiger partial charge in [0.25, 0.3) is 0 Å². The van der Waals surface area contributed by atoms with Gasteiger partial charge in [-0.15, -0.1) is 0 Å². The molecule has 0 aliphatic heterocycles. The number of carbonyl (C=O) groups is 2. The molecule has 0 bridgehead atoms. The van der Waals surface area contributed by atoms with Crippen molar-refractivity contribution in [2.45, 2.75) is 17.8 Å². The molecule has 0 heterocycles. The van der Waals surface area contributed by atoms with Crippen molar-refractivity contribution in [2.24, 2.45) is 0 Å². The lowest BCUT2D eigenvalue weighted by atomic mass is 9.69. The number of alkyl halides is 6. The number of benzene rings is 2. The lowest BCUT2D eigenvalue weighted by molar-refractivity contribution is -0.288. The summed E-state index contributed by atoms with van der Waals surface area (Å²) in [6.07, 6.45) is -12.2. The number of carboxylic acids is 2. The molecule has 144 valence electrons. The van der Waals surface area contributed by atoms with E-state index >= 15 is 0 Å². The van der Waals surface area contributed by atoms with E-state index in [1.54, 1.807) is 0 Å². The Kier molecular flexibility index (Phi) is 4.96. The van der Waals surface area contributed by atoms with Gasteiger partial charge in [-0.1, -0.05) is 36.4 Å². The third-order valence-corrected chi connectivity index (χ3v) is 3.97. The zero-order chi connectivity index (χ0) is 20.6. The van der Waals surface area contributed by atoms with Crippen LogP contribution in [-0.4, -0.2) is 34.5 Å². The van der Waals surface area contributed by atoms with E-state index in [0.29, 0.717) is 24.3 Å². The molecule has 2 aromatic carbocycles. The van der Waals surface area contributed by atoms with E-state index < -0.39 is 52.0 Å². The summed E-state index contributed by atoms with van der Waals surface area (Å²) in [7, 11) is 0. The van der Waals surface area contributed by atoms with Gasteiger partial charge in [0.1, 0.15) is 0 Å². The van der Waals surface area contributed by atoms with Crippen LogP contribution in [0.15, 0.2) is 48.5 Å². The van der Waals surface area contributed by atoms with E-state index in [0.717, 1.165) is 24.3 Å². The SMILES string of the molecule is O=C(O)c1ccccc1C(c1ccccc1C(=O)O)(C(F)(F)F)C(F)(F)F. The molecule has 0 unspecified atom stereocenters.